The molecule has 0 saturated carbocycles. The van der Waals surface area contributed by atoms with E-state index in [2.05, 4.69) is 5.32 Å². The summed E-state index contributed by atoms with van der Waals surface area (Å²) in [7, 11) is 0. The van der Waals surface area contributed by atoms with E-state index in [4.69, 9.17) is 4.74 Å². The third kappa shape index (κ3) is 4.44. The lowest BCUT2D eigenvalue weighted by molar-refractivity contribution is -0.143. The largest absolute Gasteiger partial charge is 0.447 e. The number of cyclic esters (lactones) is 1. The van der Waals surface area contributed by atoms with Gasteiger partial charge in [0.25, 0.3) is 5.91 Å². The van der Waals surface area contributed by atoms with Gasteiger partial charge in [-0.25, -0.2) is 4.79 Å². The Morgan fingerprint density at radius 3 is 2.07 bits per heavy atom. The fourth-order valence-corrected chi connectivity index (χ4v) is 2.71. The molecule has 0 radical (unpaired) electrons. The number of hydrogen-bond acceptors (Lipinski definition) is 3. The fraction of sp³-hybridized carbons (Fsp3) is 0.222. The normalized spacial score (nSPS) is 14.7. The summed E-state index contributed by atoms with van der Waals surface area (Å²) in [6, 6.07) is 6.43. The molecule has 1 fully saturated rings. The molecule has 1 heterocycles. The predicted molar refractivity (Wildman–Crippen MR) is 89.5 cm³/mol. The summed E-state index contributed by atoms with van der Waals surface area (Å²) in [6.45, 7) is 0.275. The van der Waals surface area contributed by atoms with Gasteiger partial charge in [-0.15, -0.1) is 0 Å². The van der Waals surface area contributed by atoms with Crippen LogP contribution in [-0.4, -0.2) is 25.2 Å². The Morgan fingerprint density at radius 2 is 1.55 bits per heavy atom. The first-order valence-corrected chi connectivity index (χ1v) is 8.11. The lowest BCUT2D eigenvalue weighted by atomic mass is 10.0. The number of carbonyl (C=O) groups excluding carboxylic acids is 2. The molecule has 2 aromatic carbocycles. The Bertz CT molecular complexity index is 923. The molecule has 1 aliphatic rings. The predicted octanol–water partition coefficient (Wildman–Crippen LogP) is 4.93. The summed E-state index contributed by atoms with van der Waals surface area (Å²) < 4.78 is 82.7. The van der Waals surface area contributed by atoms with Crippen LogP contribution in [0, 0.1) is 0 Å². The summed E-state index contributed by atoms with van der Waals surface area (Å²) in [5.41, 5.74) is -3.80. The molecule has 1 N–H and O–H groups in total. The van der Waals surface area contributed by atoms with Gasteiger partial charge < -0.3 is 10.1 Å². The van der Waals surface area contributed by atoms with E-state index >= 15 is 0 Å². The zero-order valence-electron chi connectivity index (χ0n) is 14.4. The van der Waals surface area contributed by atoms with Gasteiger partial charge in [0.2, 0.25) is 0 Å². The van der Waals surface area contributed by atoms with Crippen LogP contribution < -0.4 is 10.2 Å². The fourth-order valence-electron chi connectivity index (χ4n) is 2.71. The number of rotatable bonds is 3. The molecule has 5 nitrogen and oxygen atoms in total. The van der Waals surface area contributed by atoms with E-state index in [1.807, 2.05) is 0 Å². The summed E-state index contributed by atoms with van der Waals surface area (Å²) in [4.78, 5) is 25.4. The Labute approximate surface area is 159 Å². The molecule has 0 atom stereocenters. The van der Waals surface area contributed by atoms with Crippen molar-refractivity contribution in [2.75, 3.05) is 23.4 Å². The quantitative estimate of drug-likeness (QED) is 0.719. The molecular formula is C18H12F6N2O3. The number of ether oxygens (including phenoxy) is 1. The highest BCUT2D eigenvalue weighted by Crippen LogP contribution is 2.37. The summed E-state index contributed by atoms with van der Waals surface area (Å²) in [5, 5.41) is 2.26. The highest BCUT2D eigenvalue weighted by atomic mass is 19.4. The van der Waals surface area contributed by atoms with Crippen molar-refractivity contribution in [2.24, 2.45) is 0 Å². The molecule has 0 bridgehead atoms. The van der Waals surface area contributed by atoms with Crippen molar-refractivity contribution >= 4 is 23.4 Å². The number of benzene rings is 2. The Balaban J connectivity index is 1.97. The Hall–Kier alpha value is -3.24. The molecule has 0 unspecified atom stereocenters. The van der Waals surface area contributed by atoms with Gasteiger partial charge in [-0.05, 0) is 30.3 Å². The number of para-hydroxylation sites is 2. The van der Waals surface area contributed by atoms with E-state index in [1.54, 1.807) is 6.07 Å². The first-order chi connectivity index (χ1) is 13.5. The second kappa shape index (κ2) is 7.30. The number of hydrogen-bond donors (Lipinski definition) is 1. The van der Waals surface area contributed by atoms with Gasteiger partial charge in [0, 0.05) is 5.56 Å². The van der Waals surface area contributed by atoms with Crippen LogP contribution in [-0.2, 0) is 17.1 Å². The van der Waals surface area contributed by atoms with Gasteiger partial charge in [-0.3, -0.25) is 9.69 Å². The van der Waals surface area contributed by atoms with Crippen molar-refractivity contribution in [3.63, 3.8) is 0 Å². The molecule has 0 spiro atoms. The van der Waals surface area contributed by atoms with Crippen LogP contribution in [0.5, 0.6) is 0 Å². The first kappa shape index (κ1) is 20.5. The van der Waals surface area contributed by atoms with Gasteiger partial charge in [-0.1, -0.05) is 12.1 Å². The van der Waals surface area contributed by atoms with Crippen molar-refractivity contribution < 1.29 is 40.7 Å². The van der Waals surface area contributed by atoms with E-state index in [0.29, 0.717) is 12.1 Å². The van der Waals surface area contributed by atoms with Crippen molar-refractivity contribution in [1.82, 2.24) is 0 Å². The van der Waals surface area contributed by atoms with Crippen molar-refractivity contribution in [3.8, 4) is 0 Å². The summed E-state index contributed by atoms with van der Waals surface area (Å²) in [5.74, 6) is -1.19. The molecule has 29 heavy (non-hydrogen) atoms. The van der Waals surface area contributed by atoms with Crippen LogP contribution in [0.25, 0.3) is 0 Å². The Morgan fingerprint density at radius 1 is 0.966 bits per heavy atom. The maximum atomic E-state index is 13.0. The number of nitrogens with zero attached hydrogens (tertiary/aromatic N) is 1. The lowest BCUT2D eigenvalue weighted by Crippen LogP contribution is -2.25. The molecule has 0 aliphatic carbocycles. The van der Waals surface area contributed by atoms with E-state index in [9.17, 15) is 35.9 Å². The number of carbonyl (C=O) groups is 2. The minimum Gasteiger partial charge on any atom is -0.447 e. The summed E-state index contributed by atoms with van der Waals surface area (Å²) in [6.07, 6.45) is -10.8. The second-order valence-electron chi connectivity index (χ2n) is 6.03. The number of anilines is 2. The van der Waals surface area contributed by atoms with Gasteiger partial charge in [0.1, 0.15) is 6.61 Å². The van der Waals surface area contributed by atoms with Crippen LogP contribution >= 0.6 is 0 Å². The van der Waals surface area contributed by atoms with E-state index < -0.39 is 41.0 Å². The minimum atomic E-state index is -5.08. The zero-order valence-corrected chi connectivity index (χ0v) is 14.4. The van der Waals surface area contributed by atoms with E-state index in [-0.39, 0.29) is 30.6 Å². The highest BCUT2D eigenvalue weighted by molar-refractivity contribution is 6.07. The Kier molecular flexibility index (Phi) is 5.16. The third-order valence-corrected chi connectivity index (χ3v) is 4.05. The summed E-state index contributed by atoms with van der Waals surface area (Å²) >= 11 is 0. The van der Waals surface area contributed by atoms with Crippen LogP contribution in [0.3, 0.4) is 0 Å². The lowest BCUT2D eigenvalue weighted by Gasteiger charge is -2.18. The topological polar surface area (TPSA) is 58.6 Å². The highest BCUT2D eigenvalue weighted by Gasteiger charge is 2.37. The minimum absolute atomic E-state index is 0.0299. The van der Waals surface area contributed by atoms with Crippen molar-refractivity contribution in [1.29, 1.82) is 0 Å². The van der Waals surface area contributed by atoms with Gasteiger partial charge in [-0.2, -0.15) is 26.3 Å². The maximum Gasteiger partial charge on any atom is 0.416 e. The molecule has 1 saturated heterocycles. The van der Waals surface area contributed by atoms with Crippen LogP contribution in [0.4, 0.5) is 42.5 Å². The van der Waals surface area contributed by atoms with Crippen LogP contribution in [0.2, 0.25) is 0 Å². The molecule has 2 aromatic rings. The van der Waals surface area contributed by atoms with Gasteiger partial charge in [0.15, 0.2) is 0 Å². The molecule has 154 valence electrons. The zero-order chi connectivity index (χ0) is 21.4. The number of nitrogens with one attached hydrogen (secondary N) is 1. The number of halogens is 6. The smallest absolute Gasteiger partial charge is 0.416 e. The van der Waals surface area contributed by atoms with Crippen LogP contribution in [0.15, 0.2) is 42.5 Å². The van der Waals surface area contributed by atoms with E-state index in [1.165, 1.54) is 23.1 Å². The molecule has 3 rings (SSSR count). The molecule has 11 heteroatoms. The molecule has 2 amide bonds. The molecule has 0 aromatic heterocycles. The number of amides is 2. The van der Waals surface area contributed by atoms with Crippen molar-refractivity contribution in [3.05, 3.63) is 59.2 Å². The molecule has 1 aliphatic heterocycles. The second-order valence-corrected chi connectivity index (χ2v) is 6.03. The monoisotopic (exact) mass is 418 g/mol. The standard InChI is InChI=1S/C18H12F6N2O3/c19-17(20,21)11-7-10(8-12(9-11)18(22,23)24)15(27)25-13-3-1-2-4-14(13)26-5-6-29-16(26)28/h1-4,7-9H,5-6H2,(H,25,27). The maximum absolute atomic E-state index is 13.0. The molecular weight excluding hydrogens is 406 g/mol. The van der Waals surface area contributed by atoms with Gasteiger partial charge >= 0.3 is 18.4 Å². The van der Waals surface area contributed by atoms with Gasteiger partial charge in [0.05, 0.1) is 29.0 Å². The first-order valence-electron chi connectivity index (χ1n) is 8.11. The average Bonchev–Trinajstić information content (AvgIpc) is 3.06. The van der Waals surface area contributed by atoms with E-state index in [0.717, 1.165) is 0 Å². The average molecular weight is 418 g/mol. The van der Waals surface area contributed by atoms with Crippen molar-refractivity contribution in [2.45, 2.75) is 12.4 Å². The van der Waals surface area contributed by atoms with Crippen LogP contribution in [0.1, 0.15) is 21.5 Å². The SMILES string of the molecule is O=C(Nc1ccccc1N1CCOC1=O)c1cc(C(F)(F)F)cc(C(F)(F)F)c1. The third-order valence-electron chi connectivity index (χ3n) is 4.05. The number of alkyl halides is 6.